The van der Waals surface area contributed by atoms with Gasteiger partial charge in [0.05, 0.1) is 33.7 Å². The molecule has 0 saturated carbocycles. The molecule has 0 aliphatic carbocycles. The van der Waals surface area contributed by atoms with Gasteiger partial charge in [-0.05, 0) is 43.7 Å². The van der Waals surface area contributed by atoms with E-state index < -0.39 is 22.2 Å². The SMILES string of the molecule is CC[C@@H](C)Oc1c(C=Nn2c(-c3cccc(C(F)(F)F)c3)nc3ccccc3c2=O)cc(Br)cc1[N+](=O)[O-]. The fourth-order valence-corrected chi connectivity index (χ4v) is 4.08. The summed E-state index contributed by atoms with van der Waals surface area (Å²) in [6.45, 7) is 3.60. The van der Waals surface area contributed by atoms with Crippen LogP contribution in [0.25, 0.3) is 22.3 Å². The number of rotatable bonds is 7. The van der Waals surface area contributed by atoms with E-state index >= 15 is 0 Å². The Labute approximate surface area is 222 Å². The molecule has 4 rings (SSSR count). The first kappa shape index (κ1) is 27.0. The molecule has 0 bridgehead atoms. The topological polar surface area (TPSA) is 99.6 Å². The maximum Gasteiger partial charge on any atom is 0.416 e. The number of alkyl halides is 3. The number of nitrogens with zero attached hydrogens (tertiary/aromatic N) is 4. The number of fused-ring (bicyclic) bond motifs is 1. The lowest BCUT2D eigenvalue weighted by molar-refractivity contribution is -0.386. The molecule has 3 aromatic carbocycles. The molecule has 0 unspecified atom stereocenters. The van der Waals surface area contributed by atoms with Crippen molar-refractivity contribution >= 4 is 38.7 Å². The summed E-state index contributed by atoms with van der Waals surface area (Å²) < 4.78 is 47.3. The molecule has 0 aliphatic heterocycles. The van der Waals surface area contributed by atoms with Gasteiger partial charge in [0.2, 0.25) is 5.75 Å². The van der Waals surface area contributed by atoms with Crippen molar-refractivity contribution in [2.45, 2.75) is 32.5 Å². The zero-order chi connectivity index (χ0) is 27.6. The molecule has 1 aromatic heterocycles. The number of aromatic nitrogens is 2. The molecule has 0 spiro atoms. The fraction of sp³-hybridized carbons (Fsp3) is 0.192. The van der Waals surface area contributed by atoms with E-state index in [0.717, 1.165) is 16.8 Å². The summed E-state index contributed by atoms with van der Waals surface area (Å²) in [6.07, 6.45) is -3.23. The smallest absolute Gasteiger partial charge is 0.416 e. The molecule has 8 nitrogen and oxygen atoms in total. The average molecular weight is 589 g/mol. The summed E-state index contributed by atoms with van der Waals surface area (Å²) in [5.41, 5.74) is -1.40. The van der Waals surface area contributed by atoms with E-state index in [4.69, 9.17) is 4.74 Å². The number of nitro groups is 1. The highest BCUT2D eigenvalue weighted by molar-refractivity contribution is 9.10. The molecule has 0 aliphatic rings. The maximum atomic E-state index is 13.4. The van der Waals surface area contributed by atoms with Gasteiger partial charge in [0, 0.05) is 21.7 Å². The normalized spacial score (nSPS) is 12.7. The van der Waals surface area contributed by atoms with Crippen molar-refractivity contribution in [1.82, 2.24) is 9.66 Å². The molecular weight excluding hydrogens is 569 g/mol. The molecule has 0 amide bonds. The van der Waals surface area contributed by atoms with Gasteiger partial charge in [-0.25, -0.2) is 4.98 Å². The Hall–Kier alpha value is -4.06. The maximum absolute atomic E-state index is 13.4. The van der Waals surface area contributed by atoms with Gasteiger partial charge in [0.25, 0.3) is 5.56 Å². The summed E-state index contributed by atoms with van der Waals surface area (Å²) in [4.78, 5) is 29.0. The van der Waals surface area contributed by atoms with Gasteiger partial charge in [-0.15, -0.1) is 0 Å². The third-order valence-electron chi connectivity index (χ3n) is 5.67. The minimum absolute atomic E-state index is 0.0103. The van der Waals surface area contributed by atoms with Gasteiger partial charge in [0.1, 0.15) is 0 Å². The predicted octanol–water partition coefficient (Wildman–Crippen LogP) is 6.81. The van der Waals surface area contributed by atoms with Crippen LogP contribution in [-0.2, 0) is 6.18 Å². The number of benzene rings is 3. The number of para-hydroxylation sites is 1. The van der Waals surface area contributed by atoms with E-state index in [1.165, 1.54) is 36.5 Å². The van der Waals surface area contributed by atoms with Gasteiger partial charge in [-0.3, -0.25) is 14.9 Å². The van der Waals surface area contributed by atoms with E-state index in [9.17, 15) is 28.1 Å². The van der Waals surface area contributed by atoms with Crippen LogP contribution in [0, 0.1) is 10.1 Å². The first-order valence-electron chi connectivity index (χ1n) is 11.4. The summed E-state index contributed by atoms with van der Waals surface area (Å²) >= 11 is 3.24. The molecule has 12 heteroatoms. The Balaban J connectivity index is 1.96. The van der Waals surface area contributed by atoms with Crippen molar-refractivity contribution in [3.63, 3.8) is 0 Å². The standard InChI is InChI=1S/C26H20BrF3N4O4/c1-3-15(2)38-23-17(12-19(27)13-22(23)34(36)37)14-31-33-24(16-7-6-8-18(11-16)26(28,29)30)32-21-10-5-4-9-20(21)25(33)35/h4-15H,3H2,1-2H3/t15-/m1/s1. The van der Waals surface area contributed by atoms with Crippen LogP contribution in [0.2, 0.25) is 0 Å². The second kappa shape index (κ2) is 10.7. The first-order chi connectivity index (χ1) is 18.0. The van der Waals surface area contributed by atoms with Gasteiger partial charge >= 0.3 is 11.9 Å². The Morgan fingerprint density at radius 3 is 2.61 bits per heavy atom. The lowest BCUT2D eigenvalue weighted by Crippen LogP contribution is -2.20. The van der Waals surface area contributed by atoms with Crippen molar-refractivity contribution in [3.8, 4) is 17.1 Å². The molecule has 196 valence electrons. The number of nitro benzene ring substituents is 1. The Morgan fingerprint density at radius 2 is 1.92 bits per heavy atom. The highest BCUT2D eigenvalue weighted by Gasteiger charge is 2.31. The predicted molar refractivity (Wildman–Crippen MR) is 141 cm³/mol. The minimum atomic E-state index is -4.61. The molecule has 1 heterocycles. The summed E-state index contributed by atoms with van der Waals surface area (Å²) in [7, 11) is 0. The molecular formula is C26H20BrF3N4O4. The summed E-state index contributed by atoms with van der Waals surface area (Å²) in [5, 5.41) is 16.2. The monoisotopic (exact) mass is 588 g/mol. The van der Waals surface area contributed by atoms with E-state index in [2.05, 4.69) is 26.0 Å². The molecule has 0 N–H and O–H groups in total. The highest BCUT2D eigenvalue weighted by Crippen LogP contribution is 2.35. The van der Waals surface area contributed by atoms with Gasteiger partial charge < -0.3 is 4.74 Å². The lowest BCUT2D eigenvalue weighted by Gasteiger charge is -2.15. The van der Waals surface area contributed by atoms with Crippen LogP contribution in [0.4, 0.5) is 18.9 Å². The van der Waals surface area contributed by atoms with Crippen LogP contribution in [0.5, 0.6) is 5.75 Å². The number of hydrogen-bond donors (Lipinski definition) is 0. The Kier molecular flexibility index (Phi) is 7.63. The second-order valence-electron chi connectivity index (χ2n) is 8.33. The van der Waals surface area contributed by atoms with Crippen LogP contribution < -0.4 is 10.3 Å². The Bertz CT molecular complexity index is 1620. The van der Waals surface area contributed by atoms with E-state index in [0.29, 0.717) is 10.9 Å². The fourth-order valence-electron chi connectivity index (χ4n) is 3.62. The van der Waals surface area contributed by atoms with Crippen LogP contribution >= 0.6 is 15.9 Å². The van der Waals surface area contributed by atoms with Crippen molar-refractivity contribution < 1.29 is 22.8 Å². The molecule has 38 heavy (non-hydrogen) atoms. The van der Waals surface area contributed by atoms with E-state index in [1.54, 1.807) is 25.1 Å². The molecule has 0 radical (unpaired) electrons. The third-order valence-corrected chi connectivity index (χ3v) is 6.13. The Morgan fingerprint density at radius 1 is 1.18 bits per heavy atom. The first-order valence-corrected chi connectivity index (χ1v) is 12.2. The van der Waals surface area contributed by atoms with E-state index in [1.807, 2.05) is 6.92 Å². The van der Waals surface area contributed by atoms with Crippen molar-refractivity contribution in [2.75, 3.05) is 0 Å². The molecule has 0 fully saturated rings. The third kappa shape index (κ3) is 5.59. The van der Waals surface area contributed by atoms with E-state index in [-0.39, 0.29) is 45.4 Å². The summed E-state index contributed by atoms with van der Waals surface area (Å²) in [5.74, 6) is -0.191. The quantitative estimate of drug-likeness (QED) is 0.134. The van der Waals surface area contributed by atoms with Crippen LogP contribution in [-0.4, -0.2) is 26.9 Å². The zero-order valence-electron chi connectivity index (χ0n) is 20.1. The van der Waals surface area contributed by atoms with Crippen LogP contribution in [0.3, 0.4) is 0 Å². The highest BCUT2D eigenvalue weighted by atomic mass is 79.9. The largest absolute Gasteiger partial charge is 0.483 e. The zero-order valence-corrected chi connectivity index (χ0v) is 21.7. The van der Waals surface area contributed by atoms with Crippen molar-refractivity contribution in [1.29, 1.82) is 0 Å². The van der Waals surface area contributed by atoms with Gasteiger partial charge in [-0.2, -0.15) is 22.9 Å². The molecule has 4 aromatic rings. The number of halogens is 4. The average Bonchev–Trinajstić information content (AvgIpc) is 2.88. The van der Waals surface area contributed by atoms with Crippen molar-refractivity contribution in [2.24, 2.45) is 5.10 Å². The van der Waals surface area contributed by atoms with Crippen LogP contribution in [0.1, 0.15) is 31.4 Å². The minimum Gasteiger partial charge on any atom is -0.483 e. The molecule has 1 atom stereocenters. The summed E-state index contributed by atoms with van der Waals surface area (Å²) in [6, 6.07) is 13.6. The van der Waals surface area contributed by atoms with Gasteiger partial charge in [0.15, 0.2) is 5.82 Å². The second-order valence-corrected chi connectivity index (χ2v) is 9.25. The van der Waals surface area contributed by atoms with Gasteiger partial charge in [-0.1, -0.05) is 47.1 Å². The number of hydrogen-bond acceptors (Lipinski definition) is 6. The van der Waals surface area contributed by atoms with Crippen LogP contribution in [0.15, 0.2) is 75.0 Å². The number of ether oxygens (including phenoxy) is 1. The van der Waals surface area contributed by atoms with Crippen molar-refractivity contribution in [3.05, 3.63) is 96.7 Å². The molecule has 0 saturated heterocycles. The lowest BCUT2D eigenvalue weighted by atomic mass is 10.1.